The van der Waals surface area contributed by atoms with E-state index in [1.54, 1.807) is 0 Å². The van der Waals surface area contributed by atoms with Gasteiger partial charge < -0.3 is 0 Å². The highest BCUT2D eigenvalue weighted by Crippen LogP contribution is 1.91. The van der Waals surface area contributed by atoms with Crippen molar-refractivity contribution >= 4 is 0 Å². The molecule has 0 saturated heterocycles. The molecule has 1 nitrogen and oxygen atoms in total. The smallest absolute Gasteiger partial charge is 0.0220 e. The first-order valence-corrected chi connectivity index (χ1v) is 3.38. The fraction of sp³-hybridized carbons (Fsp3) is 0.857. The van der Waals surface area contributed by atoms with Crippen LogP contribution in [-0.4, -0.2) is 18.0 Å². The second kappa shape index (κ2) is 5.10. The SMILES string of the molecule is C[CH]N(CC)CCC. The molecule has 0 spiro atoms. The first-order chi connectivity index (χ1) is 3.85. The molecule has 49 valence electrons. The summed E-state index contributed by atoms with van der Waals surface area (Å²) in [4.78, 5) is 2.31. The van der Waals surface area contributed by atoms with Crippen LogP contribution in [0.5, 0.6) is 0 Å². The average molecular weight is 114 g/mol. The van der Waals surface area contributed by atoms with Crippen molar-refractivity contribution in [3.8, 4) is 0 Å². The Morgan fingerprint density at radius 2 is 2.00 bits per heavy atom. The zero-order chi connectivity index (χ0) is 6.41. The molecule has 0 aromatic heterocycles. The van der Waals surface area contributed by atoms with Gasteiger partial charge in [0.15, 0.2) is 0 Å². The Balaban J connectivity index is 3.07. The molecule has 1 heteroatoms. The van der Waals surface area contributed by atoms with Crippen LogP contribution in [0, 0.1) is 6.54 Å². The molecule has 0 aromatic rings. The third-order valence-corrected chi connectivity index (χ3v) is 1.28. The summed E-state index contributed by atoms with van der Waals surface area (Å²) in [5.74, 6) is 0. The van der Waals surface area contributed by atoms with Gasteiger partial charge in [0.2, 0.25) is 0 Å². The number of hydrogen-bond donors (Lipinski definition) is 0. The van der Waals surface area contributed by atoms with Gasteiger partial charge in [0.25, 0.3) is 0 Å². The van der Waals surface area contributed by atoms with E-state index in [1.807, 2.05) is 0 Å². The van der Waals surface area contributed by atoms with Crippen molar-refractivity contribution in [3.63, 3.8) is 0 Å². The van der Waals surface area contributed by atoms with E-state index in [-0.39, 0.29) is 0 Å². The maximum absolute atomic E-state index is 2.31. The molecule has 0 bridgehead atoms. The molecule has 0 aliphatic heterocycles. The average Bonchev–Trinajstić information content (AvgIpc) is 1.83. The summed E-state index contributed by atoms with van der Waals surface area (Å²) in [6.45, 7) is 10.9. The fourth-order valence-electron chi connectivity index (χ4n) is 0.757. The maximum Gasteiger partial charge on any atom is 0.0220 e. The van der Waals surface area contributed by atoms with E-state index < -0.39 is 0 Å². The summed E-state index contributed by atoms with van der Waals surface area (Å²) in [5.41, 5.74) is 0. The van der Waals surface area contributed by atoms with Gasteiger partial charge in [-0.25, -0.2) is 0 Å². The Labute approximate surface area is 52.7 Å². The van der Waals surface area contributed by atoms with Gasteiger partial charge in [-0.15, -0.1) is 0 Å². The van der Waals surface area contributed by atoms with Crippen LogP contribution in [0.2, 0.25) is 0 Å². The topological polar surface area (TPSA) is 3.24 Å². The minimum atomic E-state index is 1.14. The van der Waals surface area contributed by atoms with Gasteiger partial charge in [-0.1, -0.05) is 13.8 Å². The van der Waals surface area contributed by atoms with Gasteiger partial charge in [-0.05, 0) is 26.4 Å². The number of rotatable bonds is 4. The molecule has 0 aliphatic rings. The van der Waals surface area contributed by atoms with Gasteiger partial charge >= 0.3 is 0 Å². The minimum absolute atomic E-state index is 1.14. The molecular weight excluding hydrogens is 98.1 g/mol. The van der Waals surface area contributed by atoms with Crippen LogP contribution in [-0.2, 0) is 0 Å². The highest BCUT2D eigenvalue weighted by Gasteiger charge is 1.93. The molecule has 0 fully saturated rings. The quantitative estimate of drug-likeness (QED) is 0.539. The van der Waals surface area contributed by atoms with Crippen LogP contribution in [0.1, 0.15) is 27.2 Å². The van der Waals surface area contributed by atoms with Crippen molar-refractivity contribution in [2.45, 2.75) is 27.2 Å². The van der Waals surface area contributed by atoms with E-state index in [0.717, 1.165) is 6.54 Å². The summed E-state index contributed by atoms with van der Waals surface area (Å²) in [5, 5.41) is 0. The van der Waals surface area contributed by atoms with Crippen molar-refractivity contribution in [3.05, 3.63) is 6.54 Å². The summed E-state index contributed by atoms with van der Waals surface area (Å²) in [7, 11) is 0. The second-order valence-corrected chi connectivity index (χ2v) is 1.89. The van der Waals surface area contributed by atoms with E-state index in [9.17, 15) is 0 Å². The van der Waals surface area contributed by atoms with Gasteiger partial charge in [-0.2, -0.15) is 0 Å². The Morgan fingerprint density at radius 3 is 2.12 bits per heavy atom. The largest absolute Gasteiger partial charge is 0.299 e. The summed E-state index contributed by atoms with van der Waals surface area (Å²) in [6.07, 6.45) is 1.25. The molecule has 0 heterocycles. The Morgan fingerprint density at radius 1 is 1.38 bits per heavy atom. The molecular formula is C7H16N. The third-order valence-electron chi connectivity index (χ3n) is 1.28. The lowest BCUT2D eigenvalue weighted by Gasteiger charge is -2.15. The molecule has 0 rings (SSSR count). The Kier molecular flexibility index (Phi) is 5.08. The van der Waals surface area contributed by atoms with Crippen molar-refractivity contribution in [2.24, 2.45) is 0 Å². The summed E-state index contributed by atoms with van der Waals surface area (Å²) >= 11 is 0. The van der Waals surface area contributed by atoms with E-state index in [2.05, 4.69) is 32.2 Å². The molecule has 0 N–H and O–H groups in total. The van der Waals surface area contributed by atoms with Gasteiger partial charge in [0, 0.05) is 6.54 Å². The molecule has 0 atom stereocenters. The lowest BCUT2D eigenvalue weighted by atomic mass is 10.4. The molecule has 1 radical (unpaired) electrons. The van der Waals surface area contributed by atoms with Gasteiger partial charge in [-0.3, -0.25) is 4.90 Å². The van der Waals surface area contributed by atoms with E-state index in [4.69, 9.17) is 0 Å². The van der Waals surface area contributed by atoms with Crippen molar-refractivity contribution in [2.75, 3.05) is 13.1 Å². The Bertz CT molecular complexity index is 39.7. The molecule has 0 saturated carbocycles. The zero-order valence-corrected chi connectivity index (χ0v) is 6.15. The second-order valence-electron chi connectivity index (χ2n) is 1.89. The lowest BCUT2D eigenvalue weighted by Crippen LogP contribution is -2.19. The molecule has 0 amide bonds. The predicted octanol–water partition coefficient (Wildman–Crippen LogP) is 1.90. The maximum atomic E-state index is 2.31. The van der Waals surface area contributed by atoms with Gasteiger partial charge in [0.1, 0.15) is 0 Å². The van der Waals surface area contributed by atoms with Crippen LogP contribution in [0.25, 0.3) is 0 Å². The van der Waals surface area contributed by atoms with Crippen LogP contribution < -0.4 is 0 Å². The van der Waals surface area contributed by atoms with Crippen LogP contribution in [0.3, 0.4) is 0 Å². The van der Waals surface area contributed by atoms with Crippen LogP contribution in [0.4, 0.5) is 0 Å². The van der Waals surface area contributed by atoms with E-state index >= 15 is 0 Å². The van der Waals surface area contributed by atoms with E-state index in [0.29, 0.717) is 0 Å². The molecule has 0 aliphatic carbocycles. The third kappa shape index (κ3) is 3.03. The standard InChI is InChI=1S/C7H16N/c1-4-7-8(5-2)6-3/h5H,4,6-7H2,1-3H3. The van der Waals surface area contributed by atoms with Crippen molar-refractivity contribution < 1.29 is 0 Å². The Hall–Kier alpha value is -0.0400. The van der Waals surface area contributed by atoms with Crippen molar-refractivity contribution in [1.82, 2.24) is 4.90 Å². The molecule has 0 unspecified atom stereocenters. The molecule has 0 aromatic carbocycles. The van der Waals surface area contributed by atoms with Crippen LogP contribution >= 0.6 is 0 Å². The predicted molar refractivity (Wildman–Crippen MR) is 37.5 cm³/mol. The first kappa shape index (κ1) is 7.96. The van der Waals surface area contributed by atoms with Crippen molar-refractivity contribution in [1.29, 1.82) is 0 Å². The minimum Gasteiger partial charge on any atom is -0.299 e. The monoisotopic (exact) mass is 114 g/mol. The van der Waals surface area contributed by atoms with Gasteiger partial charge in [0.05, 0.1) is 0 Å². The zero-order valence-electron chi connectivity index (χ0n) is 6.15. The normalized spacial score (nSPS) is 10.5. The highest BCUT2D eigenvalue weighted by molar-refractivity contribution is 4.58. The summed E-state index contributed by atoms with van der Waals surface area (Å²) < 4.78 is 0. The van der Waals surface area contributed by atoms with Crippen LogP contribution in [0.15, 0.2) is 0 Å². The van der Waals surface area contributed by atoms with E-state index in [1.165, 1.54) is 13.0 Å². The summed E-state index contributed by atoms with van der Waals surface area (Å²) in [6, 6.07) is 0. The molecule has 8 heavy (non-hydrogen) atoms. The number of hydrogen-bond acceptors (Lipinski definition) is 1. The highest BCUT2D eigenvalue weighted by atomic mass is 15.1. The lowest BCUT2D eigenvalue weighted by molar-refractivity contribution is 0.356. The number of nitrogens with zero attached hydrogens (tertiary/aromatic N) is 1. The fourth-order valence-corrected chi connectivity index (χ4v) is 0.757. The first-order valence-electron chi connectivity index (χ1n) is 3.38.